The zero-order chi connectivity index (χ0) is 14.3. The van der Waals surface area contributed by atoms with Crippen molar-refractivity contribution in [2.24, 2.45) is 5.92 Å². The molecule has 1 saturated heterocycles. The largest absolute Gasteiger partial charge is 0.480 e. The molecule has 3 N–H and O–H groups in total. The molecular weight excluding hydrogens is 248 g/mol. The molecule has 0 bridgehead atoms. The molecule has 0 aromatic carbocycles. The molecule has 2 amide bonds. The number of aliphatic carboxylic acids is 1. The number of carbonyl (C=O) groups is 2. The minimum atomic E-state index is -1.22. The smallest absolute Gasteiger partial charge is 0.328 e. The predicted octanol–water partition coefficient (Wildman–Crippen LogP) is 1.04. The molecule has 6 heteroatoms. The Hall–Kier alpha value is -1.30. The van der Waals surface area contributed by atoms with E-state index in [0.29, 0.717) is 19.0 Å². The van der Waals surface area contributed by atoms with Gasteiger partial charge in [-0.1, -0.05) is 19.8 Å². The number of carboxylic acids is 1. The summed E-state index contributed by atoms with van der Waals surface area (Å²) >= 11 is 0. The van der Waals surface area contributed by atoms with Gasteiger partial charge in [0.15, 0.2) is 6.04 Å². The zero-order valence-corrected chi connectivity index (χ0v) is 11.5. The zero-order valence-electron chi connectivity index (χ0n) is 11.5. The molecule has 1 aliphatic rings. The van der Waals surface area contributed by atoms with Gasteiger partial charge in [-0.15, -0.1) is 0 Å². The Balaban J connectivity index is 2.46. The van der Waals surface area contributed by atoms with Crippen molar-refractivity contribution in [2.45, 2.75) is 45.1 Å². The van der Waals surface area contributed by atoms with Crippen molar-refractivity contribution >= 4 is 12.0 Å². The van der Waals surface area contributed by atoms with Gasteiger partial charge in [-0.05, 0) is 25.2 Å². The van der Waals surface area contributed by atoms with E-state index in [9.17, 15) is 9.59 Å². The summed E-state index contributed by atoms with van der Waals surface area (Å²) in [6, 6.07) is -1.61. The van der Waals surface area contributed by atoms with E-state index in [2.05, 4.69) is 12.2 Å². The summed E-state index contributed by atoms with van der Waals surface area (Å²) in [4.78, 5) is 24.3. The summed E-state index contributed by atoms with van der Waals surface area (Å²) in [7, 11) is 0. The maximum absolute atomic E-state index is 11.9. The van der Waals surface area contributed by atoms with E-state index in [1.807, 2.05) is 0 Å². The predicted molar refractivity (Wildman–Crippen MR) is 70.9 cm³/mol. The average Bonchev–Trinajstić information content (AvgIpc) is 2.61. The Kier molecular flexibility index (Phi) is 6.62. The van der Waals surface area contributed by atoms with Crippen LogP contribution in [0.15, 0.2) is 0 Å². The van der Waals surface area contributed by atoms with E-state index in [1.165, 1.54) is 6.42 Å². The molecule has 110 valence electrons. The second-order valence-electron chi connectivity index (χ2n) is 5.10. The highest BCUT2D eigenvalue weighted by molar-refractivity contribution is 5.82. The molecule has 0 saturated carbocycles. The molecule has 2 atom stereocenters. The lowest BCUT2D eigenvalue weighted by atomic mass is 9.96. The van der Waals surface area contributed by atoms with E-state index < -0.39 is 24.6 Å². The number of amides is 2. The van der Waals surface area contributed by atoms with Crippen LogP contribution in [0.2, 0.25) is 0 Å². The minimum Gasteiger partial charge on any atom is -0.480 e. The van der Waals surface area contributed by atoms with Crippen molar-refractivity contribution in [3.8, 4) is 0 Å². The fraction of sp³-hybridized carbons (Fsp3) is 0.846. The van der Waals surface area contributed by atoms with E-state index in [1.54, 1.807) is 4.90 Å². The Morgan fingerprint density at radius 3 is 2.68 bits per heavy atom. The molecule has 1 heterocycles. The Morgan fingerprint density at radius 2 is 2.11 bits per heavy atom. The lowest BCUT2D eigenvalue weighted by molar-refractivity contribution is -0.140. The number of aliphatic hydroxyl groups is 1. The number of carbonyl (C=O) groups excluding carboxylic acids is 1. The summed E-state index contributed by atoms with van der Waals surface area (Å²) in [5.74, 6) is -0.551. The molecule has 1 unspecified atom stereocenters. The summed E-state index contributed by atoms with van der Waals surface area (Å²) < 4.78 is 0. The minimum absolute atomic E-state index is 0.390. The van der Waals surface area contributed by atoms with Crippen molar-refractivity contribution in [2.75, 3.05) is 19.7 Å². The molecule has 1 rings (SSSR count). The first-order chi connectivity index (χ1) is 9.08. The topological polar surface area (TPSA) is 89.9 Å². The van der Waals surface area contributed by atoms with Crippen molar-refractivity contribution < 1.29 is 19.8 Å². The number of aliphatic hydroxyl groups excluding tert-OH is 1. The Labute approximate surface area is 113 Å². The second kappa shape index (κ2) is 7.99. The van der Waals surface area contributed by atoms with Crippen molar-refractivity contribution in [3.05, 3.63) is 0 Å². The highest BCUT2D eigenvalue weighted by Crippen LogP contribution is 2.21. The molecule has 6 nitrogen and oxygen atoms in total. The Bertz CT molecular complexity index is 309. The number of hydrogen-bond acceptors (Lipinski definition) is 3. The number of rotatable bonds is 5. The van der Waals surface area contributed by atoms with Crippen LogP contribution in [-0.2, 0) is 4.79 Å². The SMILES string of the molecule is CCCC1CCCN(C(=O)N[C@@H](CO)C(=O)O)CC1. The summed E-state index contributed by atoms with van der Waals surface area (Å²) in [5, 5.41) is 20.0. The van der Waals surface area contributed by atoms with Crippen LogP contribution in [0.25, 0.3) is 0 Å². The van der Waals surface area contributed by atoms with Crippen LogP contribution >= 0.6 is 0 Å². The first kappa shape index (κ1) is 15.8. The standard InChI is InChI=1S/C13H24N2O4/c1-2-4-10-5-3-7-15(8-6-10)13(19)14-11(9-16)12(17)18/h10-11,16H,2-9H2,1H3,(H,14,19)(H,17,18)/t10?,11-/m0/s1. The van der Waals surface area contributed by atoms with E-state index in [-0.39, 0.29) is 0 Å². The lowest BCUT2D eigenvalue weighted by Gasteiger charge is -2.23. The number of nitrogens with zero attached hydrogens (tertiary/aromatic N) is 1. The van der Waals surface area contributed by atoms with Crippen LogP contribution in [0.5, 0.6) is 0 Å². The highest BCUT2D eigenvalue weighted by Gasteiger charge is 2.24. The molecule has 0 aromatic rings. The maximum Gasteiger partial charge on any atom is 0.328 e. The summed E-state index contributed by atoms with van der Waals surface area (Å²) in [6.45, 7) is 2.89. The van der Waals surface area contributed by atoms with Gasteiger partial charge in [0, 0.05) is 13.1 Å². The van der Waals surface area contributed by atoms with Gasteiger partial charge in [0.05, 0.1) is 6.61 Å². The van der Waals surface area contributed by atoms with Crippen LogP contribution in [0.3, 0.4) is 0 Å². The monoisotopic (exact) mass is 272 g/mol. The first-order valence-corrected chi connectivity index (χ1v) is 6.97. The Morgan fingerprint density at radius 1 is 1.37 bits per heavy atom. The van der Waals surface area contributed by atoms with Crippen LogP contribution in [-0.4, -0.2) is 52.9 Å². The van der Waals surface area contributed by atoms with E-state index >= 15 is 0 Å². The number of likely N-dealkylation sites (tertiary alicyclic amines) is 1. The third kappa shape index (κ3) is 5.06. The quantitative estimate of drug-likeness (QED) is 0.697. The fourth-order valence-corrected chi connectivity index (χ4v) is 2.49. The molecule has 0 aliphatic carbocycles. The van der Waals surface area contributed by atoms with Gasteiger partial charge in [-0.3, -0.25) is 0 Å². The second-order valence-corrected chi connectivity index (χ2v) is 5.10. The highest BCUT2D eigenvalue weighted by atomic mass is 16.4. The molecule has 19 heavy (non-hydrogen) atoms. The van der Waals surface area contributed by atoms with Gasteiger partial charge < -0.3 is 20.4 Å². The summed E-state index contributed by atoms with van der Waals surface area (Å²) in [5.41, 5.74) is 0. The van der Waals surface area contributed by atoms with Gasteiger partial charge in [0.1, 0.15) is 0 Å². The normalized spacial score (nSPS) is 21.6. The van der Waals surface area contributed by atoms with E-state index in [0.717, 1.165) is 25.7 Å². The lowest BCUT2D eigenvalue weighted by Crippen LogP contribution is -2.49. The van der Waals surface area contributed by atoms with Crippen LogP contribution in [0.4, 0.5) is 4.79 Å². The van der Waals surface area contributed by atoms with Crippen molar-refractivity contribution in [3.63, 3.8) is 0 Å². The van der Waals surface area contributed by atoms with Gasteiger partial charge in [0.25, 0.3) is 0 Å². The number of hydrogen-bond donors (Lipinski definition) is 3. The van der Waals surface area contributed by atoms with Crippen LogP contribution < -0.4 is 5.32 Å². The third-order valence-corrected chi connectivity index (χ3v) is 3.61. The van der Waals surface area contributed by atoms with Gasteiger partial charge in [0.2, 0.25) is 0 Å². The molecular formula is C13H24N2O4. The average molecular weight is 272 g/mol. The molecule has 0 aromatic heterocycles. The molecule has 0 radical (unpaired) electrons. The number of urea groups is 1. The van der Waals surface area contributed by atoms with Crippen molar-refractivity contribution in [1.29, 1.82) is 0 Å². The van der Waals surface area contributed by atoms with Crippen LogP contribution in [0, 0.1) is 5.92 Å². The maximum atomic E-state index is 11.9. The molecule has 0 spiro atoms. The van der Waals surface area contributed by atoms with E-state index in [4.69, 9.17) is 10.2 Å². The van der Waals surface area contributed by atoms with Gasteiger partial charge in [-0.25, -0.2) is 9.59 Å². The fourth-order valence-electron chi connectivity index (χ4n) is 2.49. The third-order valence-electron chi connectivity index (χ3n) is 3.61. The van der Waals surface area contributed by atoms with Crippen LogP contribution in [0.1, 0.15) is 39.0 Å². The van der Waals surface area contributed by atoms with Gasteiger partial charge >= 0.3 is 12.0 Å². The molecule has 1 fully saturated rings. The summed E-state index contributed by atoms with van der Waals surface area (Å²) in [6.07, 6.45) is 5.39. The van der Waals surface area contributed by atoms with Gasteiger partial charge in [-0.2, -0.15) is 0 Å². The number of nitrogens with one attached hydrogen (secondary N) is 1. The number of carboxylic acid groups (broad SMARTS) is 1. The molecule has 1 aliphatic heterocycles. The first-order valence-electron chi connectivity index (χ1n) is 6.97. The van der Waals surface area contributed by atoms with Crippen molar-refractivity contribution in [1.82, 2.24) is 10.2 Å².